The summed E-state index contributed by atoms with van der Waals surface area (Å²) in [5.74, 6) is 0.203. The quantitative estimate of drug-likeness (QED) is 0.832. The summed E-state index contributed by atoms with van der Waals surface area (Å²) >= 11 is 0. The van der Waals surface area contributed by atoms with E-state index in [9.17, 15) is 13.6 Å². The average molecular weight is 255 g/mol. The van der Waals surface area contributed by atoms with Crippen molar-refractivity contribution >= 4 is 5.78 Å². The van der Waals surface area contributed by atoms with E-state index in [1.807, 2.05) is 0 Å². The Kier molecular flexibility index (Phi) is 3.89. The molecule has 2 rings (SSSR count). The molecule has 1 saturated carbocycles. The van der Waals surface area contributed by atoms with Crippen LogP contribution in [-0.2, 0) is 4.79 Å². The van der Waals surface area contributed by atoms with Gasteiger partial charge in [-0.3, -0.25) is 4.79 Å². The van der Waals surface area contributed by atoms with Gasteiger partial charge in [-0.15, -0.1) is 0 Å². The third-order valence-electron chi connectivity index (χ3n) is 3.38. The van der Waals surface area contributed by atoms with E-state index in [0.29, 0.717) is 31.2 Å². The number of rotatable bonds is 3. The summed E-state index contributed by atoms with van der Waals surface area (Å²) in [5.41, 5.74) is 0.448. The highest BCUT2D eigenvalue weighted by Crippen LogP contribution is 2.39. The number of alkyl halides is 2. The van der Waals surface area contributed by atoms with E-state index >= 15 is 0 Å². The largest absolute Gasteiger partial charge is 0.481 e. The number of nitrogens with zero attached hydrogens (tertiary/aromatic N) is 1. The fraction of sp³-hybridized carbons (Fsp3) is 0.538. The van der Waals surface area contributed by atoms with Crippen molar-refractivity contribution in [2.75, 3.05) is 7.11 Å². The van der Waals surface area contributed by atoms with Crippen LogP contribution in [-0.4, -0.2) is 17.9 Å². The van der Waals surface area contributed by atoms with Crippen LogP contribution in [0, 0.1) is 0 Å². The van der Waals surface area contributed by atoms with Crippen molar-refractivity contribution in [3.8, 4) is 5.88 Å². The second-order valence-corrected chi connectivity index (χ2v) is 4.44. The standard InChI is InChI=1S/C13H15F2NO2/c1-18-13-11(12(14)15)10(6-7-16-13)8-2-4-9(17)5-3-8/h6-8,12H,2-5H2,1H3. The molecule has 1 aromatic heterocycles. The zero-order valence-electron chi connectivity index (χ0n) is 10.2. The number of hydrogen-bond donors (Lipinski definition) is 0. The number of carbonyl (C=O) groups is 1. The third-order valence-corrected chi connectivity index (χ3v) is 3.38. The van der Waals surface area contributed by atoms with E-state index in [0.717, 1.165) is 0 Å². The number of methoxy groups -OCH3 is 1. The zero-order chi connectivity index (χ0) is 13.1. The van der Waals surface area contributed by atoms with Crippen molar-refractivity contribution in [3.05, 3.63) is 23.4 Å². The molecular weight excluding hydrogens is 240 g/mol. The topological polar surface area (TPSA) is 39.2 Å². The maximum atomic E-state index is 13.1. The highest BCUT2D eigenvalue weighted by molar-refractivity contribution is 5.79. The summed E-state index contributed by atoms with van der Waals surface area (Å²) in [4.78, 5) is 15.0. The Bertz CT molecular complexity index is 439. The van der Waals surface area contributed by atoms with Crippen molar-refractivity contribution in [3.63, 3.8) is 0 Å². The molecule has 0 aliphatic heterocycles. The number of aromatic nitrogens is 1. The van der Waals surface area contributed by atoms with Crippen LogP contribution in [0.25, 0.3) is 0 Å². The Morgan fingerprint density at radius 3 is 2.61 bits per heavy atom. The van der Waals surface area contributed by atoms with Gasteiger partial charge in [0.05, 0.1) is 12.7 Å². The first-order chi connectivity index (χ1) is 8.63. The van der Waals surface area contributed by atoms with Crippen LogP contribution in [0.4, 0.5) is 8.78 Å². The fourth-order valence-corrected chi connectivity index (χ4v) is 2.46. The summed E-state index contributed by atoms with van der Waals surface area (Å²) < 4.78 is 31.1. The first-order valence-corrected chi connectivity index (χ1v) is 5.96. The number of halogens is 2. The van der Waals surface area contributed by atoms with E-state index in [1.165, 1.54) is 13.3 Å². The SMILES string of the molecule is COc1nccc(C2CCC(=O)CC2)c1C(F)F. The fourth-order valence-electron chi connectivity index (χ4n) is 2.46. The minimum absolute atomic E-state index is 0.00333. The van der Waals surface area contributed by atoms with Crippen LogP contribution >= 0.6 is 0 Å². The molecule has 0 N–H and O–H groups in total. The smallest absolute Gasteiger partial charge is 0.269 e. The van der Waals surface area contributed by atoms with Crippen LogP contribution < -0.4 is 4.74 Å². The highest BCUT2D eigenvalue weighted by Gasteiger charge is 2.27. The molecule has 1 heterocycles. The van der Waals surface area contributed by atoms with Crippen LogP contribution in [0.3, 0.4) is 0 Å². The third kappa shape index (κ3) is 2.49. The molecule has 0 bridgehead atoms. The minimum atomic E-state index is -2.61. The lowest BCUT2D eigenvalue weighted by Gasteiger charge is -2.24. The number of ketones is 1. The monoisotopic (exact) mass is 255 g/mol. The summed E-state index contributed by atoms with van der Waals surface area (Å²) in [7, 11) is 1.34. The number of hydrogen-bond acceptors (Lipinski definition) is 3. The second-order valence-electron chi connectivity index (χ2n) is 4.44. The molecule has 98 valence electrons. The second kappa shape index (κ2) is 5.42. The Morgan fingerprint density at radius 2 is 2.06 bits per heavy atom. The van der Waals surface area contributed by atoms with Gasteiger partial charge in [0, 0.05) is 19.0 Å². The lowest BCUT2D eigenvalue weighted by Crippen LogP contribution is -2.14. The molecule has 0 radical (unpaired) electrons. The maximum absolute atomic E-state index is 13.1. The van der Waals surface area contributed by atoms with Crippen LogP contribution in [0.15, 0.2) is 12.3 Å². The first-order valence-electron chi connectivity index (χ1n) is 5.96. The molecule has 0 unspecified atom stereocenters. The van der Waals surface area contributed by atoms with Crippen molar-refractivity contribution in [2.45, 2.75) is 38.0 Å². The predicted octanol–water partition coefficient (Wildman–Crippen LogP) is 3.25. The Labute approximate surface area is 104 Å². The van der Waals surface area contributed by atoms with Crippen molar-refractivity contribution in [2.24, 2.45) is 0 Å². The van der Waals surface area contributed by atoms with Gasteiger partial charge in [0.15, 0.2) is 0 Å². The summed E-state index contributed by atoms with van der Waals surface area (Å²) in [5, 5.41) is 0. The van der Waals surface area contributed by atoms with E-state index in [1.54, 1.807) is 6.07 Å². The van der Waals surface area contributed by atoms with Gasteiger partial charge in [0.2, 0.25) is 5.88 Å². The molecule has 0 aromatic carbocycles. The van der Waals surface area contributed by atoms with Gasteiger partial charge in [0.1, 0.15) is 5.78 Å². The molecule has 0 spiro atoms. The molecule has 1 aliphatic carbocycles. The molecule has 5 heteroatoms. The Morgan fingerprint density at radius 1 is 1.39 bits per heavy atom. The summed E-state index contributed by atoms with van der Waals surface area (Å²) in [6, 6.07) is 1.62. The molecule has 0 amide bonds. The summed E-state index contributed by atoms with van der Waals surface area (Å²) in [6.07, 6.45) is 1.07. The zero-order valence-corrected chi connectivity index (χ0v) is 10.2. The lowest BCUT2D eigenvalue weighted by atomic mass is 9.82. The van der Waals surface area contributed by atoms with Crippen LogP contribution in [0.5, 0.6) is 5.88 Å². The molecule has 0 atom stereocenters. The highest BCUT2D eigenvalue weighted by atomic mass is 19.3. The van der Waals surface area contributed by atoms with Crippen LogP contribution in [0.2, 0.25) is 0 Å². The van der Waals surface area contributed by atoms with Gasteiger partial charge in [-0.2, -0.15) is 0 Å². The molecule has 18 heavy (non-hydrogen) atoms. The number of Topliss-reactive ketones (excluding diaryl/α,β-unsaturated/α-hetero) is 1. The van der Waals surface area contributed by atoms with E-state index in [2.05, 4.69) is 4.98 Å². The average Bonchev–Trinajstić information content (AvgIpc) is 2.38. The Balaban J connectivity index is 2.34. The maximum Gasteiger partial charge on any atom is 0.269 e. The lowest BCUT2D eigenvalue weighted by molar-refractivity contribution is -0.120. The molecule has 1 fully saturated rings. The minimum Gasteiger partial charge on any atom is -0.481 e. The van der Waals surface area contributed by atoms with Gasteiger partial charge < -0.3 is 4.74 Å². The van der Waals surface area contributed by atoms with Gasteiger partial charge >= 0.3 is 0 Å². The van der Waals surface area contributed by atoms with Gasteiger partial charge in [-0.25, -0.2) is 13.8 Å². The number of carbonyl (C=O) groups excluding carboxylic acids is 1. The van der Waals surface area contributed by atoms with E-state index in [-0.39, 0.29) is 23.1 Å². The van der Waals surface area contributed by atoms with Gasteiger partial charge in [-0.1, -0.05) is 0 Å². The van der Waals surface area contributed by atoms with Crippen molar-refractivity contribution < 1.29 is 18.3 Å². The Hall–Kier alpha value is -1.52. The molecule has 0 saturated heterocycles. The van der Waals surface area contributed by atoms with E-state index in [4.69, 9.17) is 4.74 Å². The number of pyridine rings is 1. The molecular formula is C13H15F2NO2. The first kappa shape index (κ1) is 12.9. The van der Waals surface area contributed by atoms with Gasteiger partial charge in [-0.05, 0) is 30.4 Å². The van der Waals surface area contributed by atoms with Gasteiger partial charge in [0.25, 0.3) is 6.43 Å². The molecule has 3 nitrogen and oxygen atoms in total. The molecule has 1 aliphatic rings. The molecule has 1 aromatic rings. The van der Waals surface area contributed by atoms with Crippen molar-refractivity contribution in [1.82, 2.24) is 4.98 Å². The normalized spacial score (nSPS) is 17.2. The van der Waals surface area contributed by atoms with Crippen molar-refractivity contribution in [1.29, 1.82) is 0 Å². The van der Waals surface area contributed by atoms with E-state index < -0.39 is 6.43 Å². The summed E-state index contributed by atoms with van der Waals surface area (Å²) in [6.45, 7) is 0. The number of ether oxygens (including phenoxy) is 1. The van der Waals surface area contributed by atoms with Crippen LogP contribution in [0.1, 0.15) is 49.2 Å². The predicted molar refractivity (Wildman–Crippen MR) is 62.0 cm³/mol.